The van der Waals surface area contributed by atoms with E-state index in [0.717, 1.165) is 52.4 Å². The van der Waals surface area contributed by atoms with Crippen LogP contribution in [0, 0.1) is 0 Å². The Morgan fingerprint density at radius 3 is 0.941 bits per heavy atom. The van der Waals surface area contributed by atoms with E-state index in [0.29, 0.717) is 13.1 Å². The van der Waals surface area contributed by atoms with Crippen LogP contribution < -0.4 is 32.7 Å². The smallest absolute Gasteiger partial charge is 0.00772 e. The SMILES string of the molecule is Cl.NCCNCCNCCNCCNCCN. The fraction of sp³-hybridized carbons (Fsp3) is 1.00. The molecule has 0 rings (SSSR count). The second-order valence-corrected chi connectivity index (χ2v) is 3.58. The lowest BCUT2D eigenvalue weighted by atomic mass is 10.5. The van der Waals surface area contributed by atoms with E-state index >= 15 is 0 Å². The molecule has 6 nitrogen and oxygen atoms in total. The van der Waals surface area contributed by atoms with E-state index in [1.807, 2.05) is 0 Å². The zero-order valence-corrected chi connectivity index (χ0v) is 11.5. The van der Waals surface area contributed by atoms with Crippen LogP contribution in [0.25, 0.3) is 0 Å². The largest absolute Gasteiger partial charge is 0.329 e. The summed E-state index contributed by atoms with van der Waals surface area (Å²) in [7, 11) is 0. The molecule has 0 bridgehead atoms. The van der Waals surface area contributed by atoms with Gasteiger partial charge in [-0.05, 0) is 0 Å². The normalized spacial score (nSPS) is 10.2. The molecule has 0 heterocycles. The van der Waals surface area contributed by atoms with Crippen molar-refractivity contribution in [3.8, 4) is 0 Å². The van der Waals surface area contributed by atoms with E-state index in [-0.39, 0.29) is 12.4 Å². The Labute approximate surface area is 111 Å². The van der Waals surface area contributed by atoms with Gasteiger partial charge < -0.3 is 32.7 Å². The Kier molecular flexibility index (Phi) is 21.0. The number of rotatable bonds is 13. The van der Waals surface area contributed by atoms with Gasteiger partial charge in [0.05, 0.1) is 0 Å². The summed E-state index contributed by atoms with van der Waals surface area (Å²) in [5.41, 5.74) is 10.7. The monoisotopic (exact) mass is 268 g/mol. The predicted octanol–water partition coefficient (Wildman–Crippen LogP) is -2.32. The molecule has 0 aromatic heterocycles. The van der Waals surface area contributed by atoms with E-state index in [4.69, 9.17) is 11.5 Å². The highest BCUT2D eigenvalue weighted by Gasteiger charge is 1.88. The number of halogens is 1. The molecule has 0 aliphatic carbocycles. The molecule has 0 atom stereocenters. The van der Waals surface area contributed by atoms with Gasteiger partial charge in [0.15, 0.2) is 0 Å². The van der Waals surface area contributed by atoms with Crippen molar-refractivity contribution in [2.75, 3.05) is 65.4 Å². The van der Waals surface area contributed by atoms with E-state index in [1.54, 1.807) is 0 Å². The van der Waals surface area contributed by atoms with Crippen LogP contribution >= 0.6 is 12.4 Å². The fourth-order valence-electron chi connectivity index (χ4n) is 1.23. The summed E-state index contributed by atoms with van der Waals surface area (Å²) in [5.74, 6) is 0. The van der Waals surface area contributed by atoms with Crippen LogP contribution in [-0.4, -0.2) is 65.4 Å². The van der Waals surface area contributed by atoms with Crippen LogP contribution in [0.2, 0.25) is 0 Å². The van der Waals surface area contributed by atoms with Crippen molar-refractivity contribution in [3.05, 3.63) is 0 Å². The van der Waals surface area contributed by atoms with Crippen LogP contribution in [0.1, 0.15) is 0 Å². The third-order valence-corrected chi connectivity index (χ3v) is 2.08. The van der Waals surface area contributed by atoms with Gasteiger partial charge in [0.1, 0.15) is 0 Å². The number of hydrogen-bond acceptors (Lipinski definition) is 6. The third kappa shape index (κ3) is 18.6. The molecule has 0 aliphatic rings. The van der Waals surface area contributed by atoms with E-state index in [2.05, 4.69) is 21.3 Å². The Bertz CT molecular complexity index is 113. The molecule has 0 amide bonds. The molecule has 0 aromatic carbocycles. The van der Waals surface area contributed by atoms with Gasteiger partial charge in [0, 0.05) is 65.4 Å². The summed E-state index contributed by atoms with van der Waals surface area (Å²) >= 11 is 0. The zero-order valence-electron chi connectivity index (χ0n) is 10.6. The van der Waals surface area contributed by atoms with Crippen LogP contribution in [0.5, 0.6) is 0 Å². The molecule has 8 N–H and O–H groups in total. The molecule has 0 unspecified atom stereocenters. The van der Waals surface area contributed by atoms with Crippen molar-refractivity contribution in [1.29, 1.82) is 0 Å². The first-order valence-corrected chi connectivity index (χ1v) is 6.14. The van der Waals surface area contributed by atoms with Gasteiger partial charge in [-0.15, -0.1) is 12.4 Å². The van der Waals surface area contributed by atoms with Gasteiger partial charge in [-0.25, -0.2) is 0 Å². The number of nitrogens with two attached hydrogens (primary N) is 2. The van der Waals surface area contributed by atoms with Gasteiger partial charge in [0.2, 0.25) is 0 Å². The second-order valence-electron chi connectivity index (χ2n) is 3.58. The molecule has 106 valence electrons. The van der Waals surface area contributed by atoms with E-state index in [1.165, 1.54) is 0 Å². The molecule has 7 heteroatoms. The Morgan fingerprint density at radius 2 is 0.706 bits per heavy atom. The minimum atomic E-state index is 0. The van der Waals surface area contributed by atoms with Gasteiger partial charge in [-0.2, -0.15) is 0 Å². The summed E-state index contributed by atoms with van der Waals surface area (Å²) < 4.78 is 0. The lowest BCUT2D eigenvalue weighted by Gasteiger charge is -2.07. The summed E-state index contributed by atoms with van der Waals surface area (Å²) in [6, 6.07) is 0. The second kappa shape index (κ2) is 18.4. The standard InChI is InChI=1S/C10H28N6.ClH/c11-1-3-13-5-7-15-9-10-16-8-6-14-4-2-12;/h13-16H,1-12H2;1H. The summed E-state index contributed by atoms with van der Waals surface area (Å²) in [4.78, 5) is 0. The van der Waals surface area contributed by atoms with Crippen molar-refractivity contribution in [2.24, 2.45) is 11.5 Å². The van der Waals surface area contributed by atoms with Crippen molar-refractivity contribution in [2.45, 2.75) is 0 Å². The minimum absolute atomic E-state index is 0. The molecule has 0 radical (unpaired) electrons. The van der Waals surface area contributed by atoms with Crippen LogP contribution in [0.4, 0.5) is 0 Å². The van der Waals surface area contributed by atoms with Crippen LogP contribution in [0.3, 0.4) is 0 Å². The molecular weight excluding hydrogens is 240 g/mol. The van der Waals surface area contributed by atoms with Crippen LogP contribution in [-0.2, 0) is 0 Å². The summed E-state index contributed by atoms with van der Waals surface area (Å²) in [5, 5.41) is 13.1. The minimum Gasteiger partial charge on any atom is -0.329 e. The zero-order chi connectivity index (χ0) is 11.9. The molecule has 0 aromatic rings. The molecule has 0 aliphatic heterocycles. The third-order valence-electron chi connectivity index (χ3n) is 2.08. The van der Waals surface area contributed by atoms with E-state index < -0.39 is 0 Å². The predicted molar refractivity (Wildman–Crippen MR) is 76.8 cm³/mol. The van der Waals surface area contributed by atoms with Gasteiger partial charge in [-0.1, -0.05) is 0 Å². The first-order chi connectivity index (χ1) is 7.91. The van der Waals surface area contributed by atoms with Crippen LogP contribution in [0.15, 0.2) is 0 Å². The van der Waals surface area contributed by atoms with Crippen molar-refractivity contribution >= 4 is 12.4 Å². The highest BCUT2D eigenvalue weighted by atomic mass is 35.5. The lowest BCUT2D eigenvalue weighted by molar-refractivity contribution is 0.569. The molecule has 0 saturated carbocycles. The Hall–Kier alpha value is 0.0500. The summed E-state index contributed by atoms with van der Waals surface area (Å²) in [6.07, 6.45) is 0. The highest BCUT2D eigenvalue weighted by molar-refractivity contribution is 5.85. The average molecular weight is 269 g/mol. The maximum Gasteiger partial charge on any atom is 0.00772 e. The quantitative estimate of drug-likeness (QED) is 0.210. The number of nitrogens with one attached hydrogen (secondary N) is 4. The number of hydrogen-bond donors (Lipinski definition) is 6. The molecule has 0 saturated heterocycles. The lowest BCUT2D eigenvalue weighted by Crippen LogP contribution is -2.36. The van der Waals surface area contributed by atoms with Crippen molar-refractivity contribution in [1.82, 2.24) is 21.3 Å². The van der Waals surface area contributed by atoms with Gasteiger partial charge in [0.25, 0.3) is 0 Å². The topological polar surface area (TPSA) is 100 Å². The molecular formula is C10H29ClN6. The van der Waals surface area contributed by atoms with Gasteiger partial charge in [-0.3, -0.25) is 0 Å². The van der Waals surface area contributed by atoms with Crippen molar-refractivity contribution in [3.63, 3.8) is 0 Å². The Balaban J connectivity index is 0. The first kappa shape index (κ1) is 19.4. The highest BCUT2D eigenvalue weighted by Crippen LogP contribution is 1.62. The molecule has 17 heavy (non-hydrogen) atoms. The first-order valence-electron chi connectivity index (χ1n) is 6.14. The van der Waals surface area contributed by atoms with E-state index in [9.17, 15) is 0 Å². The Morgan fingerprint density at radius 1 is 0.471 bits per heavy atom. The average Bonchev–Trinajstić information content (AvgIpc) is 2.31. The fourth-order valence-corrected chi connectivity index (χ4v) is 1.23. The molecule has 0 spiro atoms. The molecule has 0 fully saturated rings. The van der Waals surface area contributed by atoms with Gasteiger partial charge >= 0.3 is 0 Å². The maximum atomic E-state index is 5.35. The maximum absolute atomic E-state index is 5.35. The van der Waals surface area contributed by atoms with Crippen molar-refractivity contribution < 1.29 is 0 Å². The summed E-state index contributed by atoms with van der Waals surface area (Å²) in [6.45, 7) is 9.15.